The van der Waals surface area contributed by atoms with Crippen LogP contribution in [0.2, 0.25) is 5.15 Å². The van der Waals surface area contributed by atoms with Gasteiger partial charge in [-0.3, -0.25) is 0 Å². The van der Waals surface area contributed by atoms with Crippen molar-refractivity contribution >= 4 is 22.5 Å². The van der Waals surface area contributed by atoms with Gasteiger partial charge < -0.3 is 9.47 Å². The second-order valence-corrected chi connectivity index (χ2v) is 5.67. The third-order valence-corrected chi connectivity index (χ3v) is 3.11. The standard InChI is InChI=1S/C14H17ClN2O2/c1-14(2,3)13-16-9-7-11(19-5)10(18-4)6-8(9)12(15)17-13/h6-7H,1-5H3. The maximum Gasteiger partial charge on any atom is 0.162 e. The Morgan fingerprint density at radius 1 is 1.00 bits per heavy atom. The van der Waals surface area contributed by atoms with E-state index in [1.54, 1.807) is 20.3 Å². The van der Waals surface area contributed by atoms with Gasteiger partial charge >= 0.3 is 0 Å². The molecule has 1 aromatic carbocycles. The van der Waals surface area contributed by atoms with Crippen LogP contribution in [-0.2, 0) is 5.41 Å². The zero-order chi connectivity index (χ0) is 14.2. The molecule has 0 bridgehead atoms. The summed E-state index contributed by atoms with van der Waals surface area (Å²) in [6.07, 6.45) is 0. The fourth-order valence-corrected chi connectivity index (χ4v) is 1.99. The molecule has 0 radical (unpaired) electrons. The van der Waals surface area contributed by atoms with E-state index in [0.717, 1.165) is 10.9 Å². The lowest BCUT2D eigenvalue weighted by molar-refractivity contribution is 0.355. The van der Waals surface area contributed by atoms with E-state index in [9.17, 15) is 0 Å². The Kier molecular flexibility index (Phi) is 3.54. The van der Waals surface area contributed by atoms with Gasteiger partial charge in [0.05, 0.1) is 19.7 Å². The highest BCUT2D eigenvalue weighted by atomic mass is 35.5. The van der Waals surface area contributed by atoms with Crippen LogP contribution in [0, 0.1) is 0 Å². The van der Waals surface area contributed by atoms with Crippen LogP contribution in [0.3, 0.4) is 0 Å². The Morgan fingerprint density at radius 2 is 1.58 bits per heavy atom. The van der Waals surface area contributed by atoms with Crippen molar-refractivity contribution in [2.45, 2.75) is 26.2 Å². The summed E-state index contributed by atoms with van der Waals surface area (Å²) in [6.45, 7) is 6.14. The van der Waals surface area contributed by atoms with Gasteiger partial charge in [0.2, 0.25) is 0 Å². The average Bonchev–Trinajstić information content (AvgIpc) is 2.36. The molecule has 5 heteroatoms. The molecule has 0 saturated heterocycles. The Balaban J connectivity index is 2.74. The number of rotatable bonds is 2. The largest absolute Gasteiger partial charge is 0.493 e. The number of benzene rings is 1. The Labute approximate surface area is 117 Å². The van der Waals surface area contributed by atoms with Gasteiger partial charge in [-0.05, 0) is 6.07 Å². The molecule has 0 fully saturated rings. The minimum Gasteiger partial charge on any atom is -0.493 e. The summed E-state index contributed by atoms with van der Waals surface area (Å²) < 4.78 is 10.5. The number of hydrogen-bond donors (Lipinski definition) is 0. The molecule has 0 saturated carbocycles. The maximum atomic E-state index is 6.25. The summed E-state index contributed by atoms with van der Waals surface area (Å²) in [6, 6.07) is 3.61. The zero-order valence-corrected chi connectivity index (χ0v) is 12.5. The van der Waals surface area contributed by atoms with Gasteiger partial charge in [0, 0.05) is 16.9 Å². The normalized spacial score (nSPS) is 11.7. The smallest absolute Gasteiger partial charge is 0.162 e. The van der Waals surface area contributed by atoms with Crippen LogP contribution in [0.1, 0.15) is 26.6 Å². The van der Waals surface area contributed by atoms with Crippen LogP contribution in [0.25, 0.3) is 10.9 Å². The van der Waals surface area contributed by atoms with Crippen molar-refractivity contribution < 1.29 is 9.47 Å². The third kappa shape index (κ3) is 2.59. The Bertz CT molecular complexity index is 621. The molecule has 102 valence electrons. The van der Waals surface area contributed by atoms with Crippen molar-refractivity contribution in [1.82, 2.24) is 9.97 Å². The second kappa shape index (κ2) is 4.85. The minimum absolute atomic E-state index is 0.162. The van der Waals surface area contributed by atoms with Crippen LogP contribution in [0.4, 0.5) is 0 Å². The van der Waals surface area contributed by atoms with E-state index in [0.29, 0.717) is 22.5 Å². The predicted molar refractivity (Wildman–Crippen MR) is 76.4 cm³/mol. The molecule has 0 unspecified atom stereocenters. The van der Waals surface area contributed by atoms with Gasteiger partial charge in [-0.15, -0.1) is 0 Å². The summed E-state index contributed by atoms with van der Waals surface area (Å²) >= 11 is 6.25. The number of halogens is 1. The molecule has 0 amide bonds. The molecule has 2 aromatic rings. The molecule has 0 aliphatic carbocycles. The zero-order valence-electron chi connectivity index (χ0n) is 11.7. The Morgan fingerprint density at radius 3 is 2.11 bits per heavy atom. The number of aromatic nitrogens is 2. The van der Waals surface area contributed by atoms with Gasteiger partial charge in [-0.2, -0.15) is 0 Å². The number of fused-ring (bicyclic) bond motifs is 1. The van der Waals surface area contributed by atoms with Gasteiger partial charge in [0.25, 0.3) is 0 Å². The fraction of sp³-hybridized carbons (Fsp3) is 0.429. The molecular weight excluding hydrogens is 264 g/mol. The summed E-state index contributed by atoms with van der Waals surface area (Å²) in [5.41, 5.74) is 0.591. The number of hydrogen-bond acceptors (Lipinski definition) is 4. The number of methoxy groups -OCH3 is 2. The first-order valence-electron chi connectivity index (χ1n) is 5.96. The highest BCUT2D eigenvalue weighted by Crippen LogP contribution is 2.34. The molecule has 19 heavy (non-hydrogen) atoms. The van der Waals surface area contributed by atoms with E-state index in [2.05, 4.69) is 9.97 Å². The van der Waals surface area contributed by atoms with Crippen LogP contribution in [0.15, 0.2) is 12.1 Å². The summed E-state index contributed by atoms with van der Waals surface area (Å²) in [4.78, 5) is 8.92. The van der Waals surface area contributed by atoms with Gasteiger partial charge in [0.15, 0.2) is 11.5 Å². The van der Waals surface area contributed by atoms with E-state index < -0.39 is 0 Å². The molecule has 2 rings (SSSR count). The Hall–Kier alpha value is -1.55. The van der Waals surface area contributed by atoms with Gasteiger partial charge in [-0.25, -0.2) is 9.97 Å². The van der Waals surface area contributed by atoms with Crippen LogP contribution in [0.5, 0.6) is 11.5 Å². The highest BCUT2D eigenvalue weighted by Gasteiger charge is 2.20. The van der Waals surface area contributed by atoms with Crippen molar-refractivity contribution in [3.05, 3.63) is 23.1 Å². The van der Waals surface area contributed by atoms with Gasteiger partial charge in [-0.1, -0.05) is 32.4 Å². The van der Waals surface area contributed by atoms with Crippen LogP contribution < -0.4 is 9.47 Å². The molecule has 0 aliphatic heterocycles. The lowest BCUT2D eigenvalue weighted by atomic mass is 9.95. The molecule has 0 N–H and O–H groups in total. The van der Waals surface area contributed by atoms with Crippen molar-refractivity contribution in [2.24, 2.45) is 0 Å². The molecule has 0 spiro atoms. The fourth-order valence-electron chi connectivity index (χ4n) is 1.75. The number of ether oxygens (including phenoxy) is 2. The highest BCUT2D eigenvalue weighted by molar-refractivity contribution is 6.34. The lowest BCUT2D eigenvalue weighted by Crippen LogP contribution is -2.16. The third-order valence-electron chi connectivity index (χ3n) is 2.83. The van der Waals surface area contributed by atoms with Crippen molar-refractivity contribution in [3.63, 3.8) is 0 Å². The summed E-state index contributed by atoms with van der Waals surface area (Å²) in [5.74, 6) is 1.95. The minimum atomic E-state index is -0.162. The quantitative estimate of drug-likeness (QED) is 0.789. The summed E-state index contributed by atoms with van der Waals surface area (Å²) in [5, 5.41) is 1.18. The van der Waals surface area contributed by atoms with Crippen LogP contribution >= 0.6 is 11.6 Å². The summed E-state index contributed by atoms with van der Waals surface area (Å²) in [7, 11) is 3.18. The monoisotopic (exact) mass is 280 g/mol. The lowest BCUT2D eigenvalue weighted by Gasteiger charge is -2.18. The second-order valence-electron chi connectivity index (χ2n) is 5.31. The average molecular weight is 281 g/mol. The SMILES string of the molecule is COc1cc2nc(C(C)(C)C)nc(Cl)c2cc1OC. The molecular formula is C14H17ClN2O2. The predicted octanol–water partition coefficient (Wildman–Crippen LogP) is 3.60. The van der Waals surface area contributed by atoms with Gasteiger partial charge in [0.1, 0.15) is 11.0 Å². The molecule has 1 heterocycles. The molecule has 1 aromatic heterocycles. The first kappa shape index (κ1) is 13.9. The first-order chi connectivity index (χ1) is 8.86. The van der Waals surface area contributed by atoms with Crippen molar-refractivity contribution in [2.75, 3.05) is 14.2 Å². The first-order valence-corrected chi connectivity index (χ1v) is 6.34. The molecule has 0 atom stereocenters. The van der Waals surface area contributed by atoms with E-state index in [-0.39, 0.29) is 5.41 Å². The van der Waals surface area contributed by atoms with Crippen molar-refractivity contribution in [1.29, 1.82) is 0 Å². The van der Waals surface area contributed by atoms with E-state index in [4.69, 9.17) is 21.1 Å². The molecule has 0 aliphatic rings. The van der Waals surface area contributed by atoms with Crippen LogP contribution in [-0.4, -0.2) is 24.2 Å². The topological polar surface area (TPSA) is 44.2 Å². The number of nitrogens with zero attached hydrogens (tertiary/aromatic N) is 2. The van der Waals surface area contributed by atoms with E-state index >= 15 is 0 Å². The van der Waals surface area contributed by atoms with Crippen molar-refractivity contribution in [3.8, 4) is 11.5 Å². The van der Waals surface area contributed by atoms with E-state index in [1.807, 2.05) is 26.8 Å². The molecule has 4 nitrogen and oxygen atoms in total. The van der Waals surface area contributed by atoms with E-state index in [1.165, 1.54) is 0 Å². The maximum absolute atomic E-state index is 6.25.